The SMILES string of the molecule is CC1=C(C(c2ccccc2)c2ccc(O)cc2CI)C=CC(O)C1C. The van der Waals surface area contributed by atoms with Crippen molar-refractivity contribution in [1.29, 1.82) is 0 Å². The monoisotopic (exact) mass is 446 g/mol. The summed E-state index contributed by atoms with van der Waals surface area (Å²) < 4.78 is 0.832. The van der Waals surface area contributed by atoms with Crippen LogP contribution in [0, 0.1) is 5.92 Å². The summed E-state index contributed by atoms with van der Waals surface area (Å²) in [5.74, 6) is 0.500. The van der Waals surface area contributed by atoms with E-state index in [0.717, 1.165) is 9.99 Å². The van der Waals surface area contributed by atoms with Crippen molar-refractivity contribution in [2.45, 2.75) is 30.3 Å². The first-order valence-electron chi connectivity index (χ1n) is 8.52. The van der Waals surface area contributed by atoms with Crippen LogP contribution in [0.2, 0.25) is 0 Å². The third-order valence-corrected chi connectivity index (χ3v) is 5.97. The number of benzene rings is 2. The van der Waals surface area contributed by atoms with Crippen molar-refractivity contribution < 1.29 is 10.2 Å². The summed E-state index contributed by atoms with van der Waals surface area (Å²) in [6.07, 6.45) is 3.54. The largest absolute Gasteiger partial charge is 0.508 e. The van der Waals surface area contributed by atoms with Gasteiger partial charge in [-0.25, -0.2) is 0 Å². The van der Waals surface area contributed by atoms with E-state index in [-0.39, 0.29) is 11.8 Å². The van der Waals surface area contributed by atoms with E-state index in [1.807, 2.05) is 24.3 Å². The number of aliphatic hydroxyl groups excluding tert-OH is 1. The Labute approximate surface area is 163 Å². The third-order valence-electron chi connectivity index (χ3n) is 5.15. The van der Waals surface area contributed by atoms with Gasteiger partial charge in [0.05, 0.1) is 6.10 Å². The Balaban J connectivity index is 2.21. The zero-order valence-corrected chi connectivity index (χ0v) is 16.6. The molecule has 1 aliphatic rings. The van der Waals surface area contributed by atoms with Gasteiger partial charge in [0.25, 0.3) is 0 Å². The maximum absolute atomic E-state index is 10.2. The molecule has 0 amide bonds. The number of hydrogen-bond acceptors (Lipinski definition) is 2. The van der Waals surface area contributed by atoms with E-state index in [0.29, 0.717) is 5.75 Å². The van der Waals surface area contributed by atoms with Gasteiger partial charge in [-0.2, -0.15) is 0 Å². The molecule has 2 aromatic carbocycles. The highest BCUT2D eigenvalue weighted by Crippen LogP contribution is 2.41. The molecule has 2 nitrogen and oxygen atoms in total. The Morgan fingerprint density at radius 3 is 2.52 bits per heavy atom. The lowest BCUT2D eigenvalue weighted by molar-refractivity contribution is 0.177. The molecule has 1 aliphatic carbocycles. The van der Waals surface area contributed by atoms with Gasteiger partial charge in [-0.3, -0.25) is 0 Å². The summed E-state index contributed by atoms with van der Waals surface area (Å²) in [5, 5.41) is 20.1. The molecule has 0 saturated carbocycles. The van der Waals surface area contributed by atoms with Crippen LogP contribution in [0.25, 0.3) is 0 Å². The van der Waals surface area contributed by atoms with E-state index in [4.69, 9.17) is 0 Å². The van der Waals surface area contributed by atoms with Crippen molar-refractivity contribution >= 4 is 22.6 Å². The molecular weight excluding hydrogens is 423 g/mol. The maximum atomic E-state index is 10.2. The van der Waals surface area contributed by atoms with Crippen molar-refractivity contribution in [3.63, 3.8) is 0 Å². The number of phenolic OH excluding ortho intramolecular Hbond substituents is 1. The lowest BCUT2D eigenvalue weighted by Crippen LogP contribution is -2.22. The molecule has 0 saturated heterocycles. The fourth-order valence-electron chi connectivity index (χ4n) is 3.50. The first-order chi connectivity index (χ1) is 12.0. The minimum absolute atomic E-state index is 0.0952. The molecule has 0 radical (unpaired) electrons. The topological polar surface area (TPSA) is 40.5 Å². The van der Waals surface area contributed by atoms with E-state index < -0.39 is 6.10 Å². The standard InChI is InChI=1S/C22H23IO2/c1-14-15(2)21(25)11-10-19(14)22(16-6-4-3-5-7-16)20-9-8-18(24)12-17(20)13-23/h3-12,15,21-22,24-25H,13H2,1-2H3. The highest BCUT2D eigenvalue weighted by molar-refractivity contribution is 14.1. The van der Waals surface area contributed by atoms with E-state index >= 15 is 0 Å². The minimum Gasteiger partial charge on any atom is -0.508 e. The molecule has 2 aromatic rings. The normalized spacial score (nSPS) is 21.4. The summed E-state index contributed by atoms with van der Waals surface area (Å²) in [6, 6.07) is 16.1. The average Bonchev–Trinajstić information content (AvgIpc) is 2.63. The second-order valence-electron chi connectivity index (χ2n) is 6.64. The smallest absolute Gasteiger partial charge is 0.115 e. The van der Waals surface area contributed by atoms with Crippen LogP contribution >= 0.6 is 22.6 Å². The molecule has 0 spiro atoms. The Morgan fingerprint density at radius 1 is 1.12 bits per heavy atom. The molecular formula is C22H23IO2. The fourth-order valence-corrected chi connectivity index (χ4v) is 4.17. The minimum atomic E-state index is -0.427. The highest BCUT2D eigenvalue weighted by Gasteiger charge is 2.27. The number of rotatable bonds is 4. The molecule has 0 bridgehead atoms. The Morgan fingerprint density at radius 2 is 1.84 bits per heavy atom. The first kappa shape index (κ1) is 18.2. The van der Waals surface area contributed by atoms with Gasteiger partial charge >= 0.3 is 0 Å². The van der Waals surface area contributed by atoms with Crippen LogP contribution in [-0.2, 0) is 4.43 Å². The zero-order valence-electron chi connectivity index (χ0n) is 14.5. The second kappa shape index (κ2) is 7.75. The lowest BCUT2D eigenvalue weighted by Gasteiger charge is -2.30. The van der Waals surface area contributed by atoms with E-state index in [1.165, 1.54) is 22.3 Å². The number of phenols is 1. The molecule has 3 atom stereocenters. The van der Waals surface area contributed by atoms with Gasteiger partial charge in [0.1, 0.15) is 5.75 Å². The van der Waals surface area contributed by atoms with Gasteiger partial charge in [-0.1, -0.05) is 83.6 Å². The number of allylic oxidation sites excluding steroid dienone is 2. The van der Waals surface area contributed by atoms with Crippen LogP contribution < -0.4 is 0 Å². The first-order valence-corrected chi connectivity index (χ1v) is 10.0. The number of aromatic hydroxyl groups is 1. The van der Waals surface area contributed by atoms with Crippen molar-refractivity contribution in [1.82, 2.24) is 0 Å². The van der Waals surface area contributed by atoms with E-state index in [9.17, 15) is 10.2 Å². The number of aliphatic hydroxyl groups is 1. The average molecular weight is 446 g/mol. The molecule has 0 aliphatic heterocycles. The number of hydrogen-bond donors (Lipinski definition) is 2. The molecule has 0 heterocycles. The van der Waals surface area contributed by atoms with Gasteiger partial charge in [-0.05, 0) is 41.3 Å². The molecule has 25 heavy (non-hydrogen) atoms. The van der Waals surface area contributed by atoms with Crippen LogP contribution in [0.3, 0.4) is 0 Å². The van der Waals surface area contributed by atoms with Crippen molar-refractivity contribution in [3.8, 4) is 5.75 Å². The van der Waals surface area contributed by atoms with Gasteiger partial charge in [0, 0.05) is 16.3 Å². The zero-order chi connectivity index (χ0) is 18.0. The Bertz CT molecular complexity index is 808. The summed E-state index contributed by atoms with van der Waals surface area (Å²) in [7, 11) is 0. The predicted octanol–water partition coefficient (Wildman–Crippen LogP) is 5.34. The molecule has 3 unspecified atom stereocenters. The van der Waals surface area contributed by atoms with Crippen molar-refractivity contribution in [2.24, 2.45) is 5.92 Å². The van der Waals surface area contributed by atoms with Gasteiger partial charge in [0.2, 0.25) is 0 Å². The van der Waals surface area contributed by atoms with Crippen LogP contribution in [-0.4, -0.2) is 16.3 Å². The van der Waals surface area contributed by atoms with Gasteiger partial charge < -0.3 is 10.2 Å². The van der Waals surface area contributed by atoms with Crippen LogP contribution in [0.1, 0.15) is 36.5 Å². The quantitative estimate of drug-likeness (QED) is 0.492. The number of alkyl halides is 1. The molecule has 0 aromatic heterocycles. The van der Waals surface area contributed by atoms with Crippen LogP contribution in [0.15, 0.2) is 71.8 Å². The third kappa shape index (κ3) is 3.67. The molecule has 2 N–H and O–H groups in total. The van der Waals surface area contributed by atoms with Crippen molar-refractivity contribution in [2.75, 3.05) is 0 Å². The van der Waals surface area contributed by atoms with Crippen LogP contribution in [0.5, 0.6) is 5.75 Å². The summed E-state index contributed by atoms with van der Waals surface area (Å²) in [4.78, 5) is 0. The molecule has 3 rings (SSSR count). The number of halogens is 1. The van der Waals surface area contributed by atoms with Gasteiger partial charge in [-0.15, -0.1) is 0 Å². The van der Waals surface area contributed by atoms with E-state index in [2.05, 4.69) is 66.8 Å². The van der Waals surface area contributed by atoms with Crippen LogP contribution in [0.4, 0.5) is 0 Å². The van der Waals surface area contributed by atoms with Crippen molar-refractivity contribution in [3.05, 3.63) is 88.5 Å². The summed E-state index contributed by atoms with van der Waals surface area (Å²) >= 11 is 2.35. The highest BCUT2D eigenvalue weighted by atomic mass is 127. The predicted molar refractivity (Wildman–Crippen MR) is 111 cm³/mol. The molecule has 130 valence electrons. The van der Waals surface area contributed by atoms with E-state index in [1.54, 1.807) is 6.07 Å². The molecule has 0 fully saturated rings. The Hall–Kier alpha value is -1.59. The molecule has 3 heteroatoms. The summed E-state index contributed by atoms with van der Waals surface area (Å²) in [5.41, 5.74) is 6.03. The summed E-state index contributed by atoms with van der Waals surface area (Å²) in [6.45, 7) is 4.19. The fraction of sp³-hybridized carbons (Fsp3) is 0.273. The Kier molecular flexibility index (Phi) is 5.64. The second-order valence-corrected chi connectivity index (χ2v) is 7.40. The lowest BCUT2D eigenvalue weighted by atomic mass is 9.76. The maximum Gasteiger partial charge on any atom is 0.115 e. The van der Waals surface area contributed by atoms with Gasteiger partial charge in [0.15, 0.2) is 0 Å².